The first-order valence-corrected chi connectivity index (χ1v) is 5.33. The van der Waals surface area contributed by atoms with Crippen LogP contribution in [0.2, 0.25) is 0 Å². The second kappa shape index (κ2) is 3.42. The number of aliphatic hydroxyl groups excluding tert-OH is 1. The molecular weight excluding hydrogens is 180 g/mol. The summed E-state index contributed by atoms with van der Waals surface area (Å²) >= 11 is 0. The van der Waals surface area contributed by atoms with E-state index in [1.807, 2.05) is 6.92 Å². The average Bonchev–Trinajstić information content (AvgIpc) is 2.96. The molecule has 0 aromatic heterocycles. The fourth-order valence-corrected chi connectivity index (χ4v) is 1.70. The van der Waals surface area contributed by atoms with Crippen molar-refractivity contribution in [3.8, 4) is 0 Å². The summed E-state index contributed by atoms with van der Waals surface area (Å²) in [6.07, 6.45) is 4.40. The highest BCUT2D eigenvalue weighted by atomic mass is 16.3. The summed E-state index contributed by atoms with van der Waals surface area (Å²) in [5.74, 6) is 0.456. The Hall–Kier alpha value is -0.770. The fraction of sp³-hybridized carbons (Fsp3) is 0.900. The smallest absolute Gasteiger partial charge is 0.315 e. The molecule has 0 saturated heterocycles. The molecule has 0 aromatic carbocycles. The molecular formula is C10H18N2O2. The zero-order valence-corrected chi connectivity index (χ0v) is 8.55. The first kappa shape index (κ1) is 9.77. The van der Waals surface area contributed by atoms with E-state index in [0.29, 0.717) is 12.0 Å². The Labute approximate surface area is 84.1 Å². The molecule has 0 bridgehead atoms. The number of carbonyl (C=O) groups excluding carboxylic acids is 1. The number of amides is 2. The molecule has 4 nitrogen and oxygen atoms in total. The van der Waals surface area contributed by atoms with Crippen molar-refractivity contribution in [1.29, 1.82) is 0 Å². The Bertz CT molecular complexity index is 236. The van der Waals surface area contributed by atoms with Gasteiger partial charge in [-0.25, -0.2) is 4.79 Å². The quantitative estimate of drug-likeness (QED) is 0.619. The predicted octanol–water partition coefficient (Wildman–Crippen LogP) is 0.609. The van der Waals surface area contributed by atoms with Crippen LogP contribution in [0.3, 0.4) is 0 Å². The van der Waals surface area contributed by atoms with Gasteiger partial charge < -0.3 is 15.7 Å². The molecule has 0 spiro atoms. The van der Waals surface area contributed by atoms with Crippen LogP contribution in [0.1, 0.15) is 32.6 Å². The van der Waals surface area contributed by atoms with Gasteiger partial charge in [0.2, 0.25) is 0 Å². The zero-order chi connectivity index (χ0) is 10.2. The molecule has 2 saturated carbocycles. The van der Waals surface area contributed by atoms with Gasteiger partial charge in [0.15, 0.2) is 0 Å². The Morgan fingerprint density at radius 2 is 2.07 bits per heavy atom. The molecule has 2 rings (SSSR count). The van der Waals surface area contributed by atoms with Crippen LogP contribution < -0.4 is 10.6 Å². The van der Waals surface area contributed by atoms with Crippen LogP contribution in [-0.4, -0.2) is 29.3 Å². The number of hydrogen-bond donors (Lipinski definition) is 3. The summed E-state index contributed by atoms with van der Waals surface area (Å²) in [4.78, 5) is 11.5. The number of aliphatic hydroxyl groups is 1. The summed E-state index contributed by atoms with van der Waals surface area (Å²) < 4.78 is 0. The van der Waals surface area contributed by atoms with Crippen LogP contribution in [0.15, 0.2) is 0 Å². The van der Waals surface area contributed by atoms with Gasteiger partial charge in [-0.2, -0.15) is 0 Å². The van der Waals surface area contributed by atoms with E-state index in [9.17, 15) is 9.90 Å². The SMILES string of the molecule is C[C@@](CO)(NC(=O)NC1CC1)C1CC1. The monoisotopic (exact) mass is 198 g/mol. The number of carbonyl (C=O) groups is 1. The molecule has 3 N–H and O–H groups in total. The molecule has 2 aliphatic carbocycles. The third kappa shape index (κ3) is 2.18. The summed E-state index contributed by atoms with van der Waals surface area (Å²) in [5, 5.41) is 15.0. The molecule has 4 heteroatoms. The van der Waals surface area contributed by atoms with E-state index in [-0.39, 0.29) is 12.6 Å². The minimum absolute atomic E-state index is 0.0236. The topological polar surface area (TPSA) is 61.4 Å². The molecule has 80 valence electrons. The normalized spacial score (nSPS) is 25.3. The standard InChI is InChI=1S/C10H18N2O2/c1-10(6-13,7-2-3-7)12-9(14)11-8-4-5-8/h7-8,13H,2-6H2,1H3,(H2,11,12,14)/t10-/m0/s1. The van der Waals surface area contributed by atoms with E-state index in [1.54, 1.807) is 0 Å². The molecule has 2 aliphatic rings. The predicted molar refractivity (Wildman–Crippen MR) is 52.9 cm³/mol. The van der Waals surface area contributed by atoms with Crippen molar-refractivity contribution in [2.75, 3.05) is 6.61 Å². The molecule has 0 aromatic rings. The second-order valence-electron chi connectivity index (χ2n) is 4.72. The fourth-order valence-electron chi connectivity index (χ4n) is 1.70. The van der Waals surface area contributed by atoms with Gasteiger partial charge in [0.05, 0.1) is 12.1 Å². The molecule has 0 unspecified atom stereocenters. The second-order valence-corrected chi connectivity index (χ2v) is 4.72. The van der Waals surface area contributed by atoms with Gasteiger partial charge in [0.25, 0.3) is 0 Å². The summed E-state index contributed by atoms with van der Waals surface area (Å²) in [7, 11) is 0. The van der Waals surface area contributed by atoms with E-state index in [1.165, 1.54) is 0 Å². The van der Waals surface area contributed by atoms with Gasteiger partial charge in [-0.15, -0.1) is 0 Å². The molecule has 2 amide bonds. The largest absolute Gasteiger partial charge is 0.394 e. The summed E-state index contributed by atoms with van der Waals surface area (Å²) in [5.41, 5.74) is -0.418. The number of hydrogen-bond acceptors (Lipinski definition) is 2. The van der Waals surface area contributed by atoms with E-state index in [2.05, 4.69) is 10.6 Å². The molecule has 0 aliphatic heterocycles. The van der Waals surface area contributed by atoms with Gasteiger partial charge in [-0.05, 0) is 38.5 Å². The van der Waals surface area contributed by atoms with E-state index >= 15 is 0 Å². The highest BCUT2D eigenvalue weighted by molar-refractivity contribution is 5.75. The van der Waals surface area contributed by atoms with E-state index in [4.69, 9.17) is 0 Å². The molecule has 14 heavy (non-hydrogen) atoms. The molecule has 1 atom stereocenters. The van der Waals surface area contributed by atoms with Gasteiger partial charge >= 0.3 is 6.03 Å². The van der Waals surface area contributed by atoms with Crippen molar-refractivity contribution in [2.45, 2.75) is 44.2 Å². The lowest BCUT2D eigenvalue weighted by Crippen LogP contribution is -2.54. The highest BCUT2D eigenvalue weighted by Crippen LogP contribution is 2.39. The first-order valence-electron chi connectivity index (χ1n) is 5.33. The first-order chi connectivity index (χ1) is 6.64. The molecule has 0 radical (unpaired) electrons. The van der Waals surface area contributed by atoms with Gasteiger partial charge in [-0.1, -0.05) is 0 Å². The van der Waals surface area contributed by atoms with Gasteiger partial charge in [0.1, 0.15) is 0 Å². The van der Waals surface area contributed by atoms with Crippen molar-refractivity contribution in [3.63, 3.8) is 0 Å². The van der Waals surface area contributed by atoms with Crippen LogP contribution >= 0.6 is 0 Å². The van der Waals surface area contributed by atoms with Crippen LogP contribution in [0.25, 0.3) is 0 Å². The van der Waals surface area contributed by atoms with Gasteiger partial charge in [0, 0.05) is 6.04 Å². The van der Waals surface area contributed by atoms with Crippen LogP contribution in [0, 0.1) is 5.92 Å². The van der Waals surface area contributed by atoms with Crippen molar-refractivity contribution >= 4 is 6.03 Å². The van der Waals surface area contributed by atoms with Crippen LogP contribution in [-0.2, 0) is 0 Å². The lowest BCUT2D eigenvalue weighted by molar-refractivity contribution is 0.155. The Kier molecular flexibility index (Phi) is 2.39. The Balaban J connectivity index is 1.82. The average molecular weight is 198 g/mol. The van der Waals surface area contributed by atoms with Crippen LogP contribution in [0.4, 0.5) is 4.79 Å². The Morgan fingerprint density at radius 1 is 1.43 bits per heavy atom. The van der Waals surface area contributed by atoms with Crippen molar-refractivity contribution in [2.24, 2.45) is 5.92 Å². The number of urea groups is 1. The Morgan fingerprint density at radius 3 is 2.50 bits per heavy atom. The third-order valence-corrected chi connectivity index (χ3v) is 3.12. The maximum Gasteiger partial charge on any atom is 0.315 e. The third-order valence-electron chi connectivity index (χ3n) is 3.12. The lowest BCUT2D eigenvalue weighted by atomic mass is 9.97. The minimum Gasteiger partial charge on any atom is -0.394 e. The maximum atomic E-state index is 11.5. The van der Waals surface area contributed by atoms with E-state index in [0.717, 1.165) is 25.7 Å². The van der Waals surface area contributed by atoms with E-state index < -0.39 is 5.54 Å². The van der Waals surface area contributed by atoms with Crippen molar-refractivity contribution < 1.29 is 9.90 Å². The number of rotatable bonds is 4. The zero-order valence-electron chi connectivity index (χ0n) is 8.55. The summed E-state index contributed by atoms with van der Waals surface area (Å²) in [6, 6.07) is 0.244. The highest BCUT2D eigenvalue weighted by Gasteiger charge is 2.42. The number of nitrogens with one attached hydrogen (secondary N) is 2. The van der Waals surface area contributed by atoms with Crippen LogP contribution in [0.5, 0.6) is 0 Å². The molecule has 2 fully saturated rings. The maximum absolute atomic E-state index is 11.5. The summed E-state index contributed by atoms with van der Waals surface area (Å²) in [6.45, 7) is 1.94. The lowest BCUT2D eigenvalue weighted by Gasteiger charge is -2.28. The van der Waals surface area contributed by atoms with Crippen molar-refractivity contribution in [1.82, 2.24) is 10.6 Å². The minimum atomic E-state index is -0.418. The van der Waals surface area contributed by atoms with Crippen molar-refractivity contribution in [3.05, 3.63) is 0 Å². The molecule has 0 heterocycles. The van der Waals surface area contributed by atoms with Gasteiger partial charge in [-0.3, -0.25) is 0 Å².